The highest BCUT2D eigenvalue weighted by Crippen LogP contribution is 2.26. The second-order valence-corrected chi connectivity index (χ2v) is 9.32. The van der Waals surface area contributed by atoms with Crippen LogP contribution in [0.2, 0.25) is 0 Å². The summed E-state index contributed by atoms with van der Waals surface area (Å²) in [5.41, 5.74) is 3.64. The maximum absolute atomic E-state index is 12.7. The Kier molecular flexibility index (Phi) is 6.33. The lowest BCUT2D eigenvalue weighted by atomic mass is 9.86. The molecular formula is C24H31NO3. The summed E-state index contributed by atoms with van der Waals surface area (Å²) < 4.78 is 0. The smallest absolute Gasteiger partial charge is 0.305 e. The molecule has 150 valence electrons. The van der Waals surface area contributed by atoms with Crippen molar-refractivity contribution < 1.29 is 14.7 Å². The molecule has 0 aliphatic heterocycles. The van der Waals surface area contributed by atoms with Crippen molar-refractivity contribution in [3.8, 4) is 0 Å². The molecule has 0 bridgehead atoms. The van der Waals surface area contributed by atoms with E-state index in [9.17, 15) is 14.7 Å². The third-order valence-corrected chi connectivity index (χ3v) is 4.88. The molecule has 0 unspecified atom stereocenters. The van der Waals surface area contributed by atoms with Crippen molar-refractivity contribution in [2.24, 2.45) is 0 Å². The summed E-state index contributed by atoms with van der Waals surface area (Å²) >= 11 is 0. The van der Waals surface area contributed by atoms with Crippen LogP contribution < -0.4 is 5.32 Å². The zero-order valence-corrected chi connectivity index (χ0v) is 17.7. The SMILES string of the molecule is CC(C)(C)c1ccc(C(=O)N[C@H](CC(=O)O)c2ccc(C(C)(C)C)cc2)cc1. The molecule has 0 fully saturated rings. The Labute approximate surface area is 168 Å². The summed E-state index contributed by atoms with van der Waals surface area (Å²) in [7, 11) is 0. The fourth-order valence-electron chi connectivity index (χ4n) is 3.01. The molecule has 28 heavy (non-hydrogen) atoms. The molecule has 0 heterocycles. The van der Waals surface area contributed by atoms with Crippen LogP contribution in [0.15, 0.2) is 48.5 Å². The summed E-state index contributed by atoms with van der Waals surface area (Å²) in [6, 6.07) is 14.7. The number of aliphatic carboxylic acids is 1. The summed E-state index contributed by atoms with van der Waals surface area (Å²) in [5.74, 6) is -1.22. The van der Waals surface area contributed by atoms with E-state index in [1.54, 1.807) is 12.1 Å². The maximum atomic E-state index is 12.7. The van der Waals surface area contributed by atoms with Gasteiger partial charge in [0.15, 0.2) is 0 Å². The van der Waals surface area contributed by atoms with Crippen LogP contribution in [0.3, 0.4) is 0 Å². The van der Waals surface area contributed by atoms with Gasteiger partial charge in [0, 0.05) is 5.56 Å². The molecule has 2 aromatic carbocycles. The van der Waals surface area contributed by atoms with Crippen molar-refractivity contribution in [1.29, 1.82) is 0 Å². The van der Waals surface area contributed by atoms with E-state index in [-0.39, 0.29) is 23.2 Å². The first-order valence-electron chi connectivity index (χ1n) is 9.61. The van der Waals surface area contributed by atoms with E-state index < -0.39 is 12.0 Å². The van der Waals surface area contributed by atoms with Crippen molar-refractivity contribution in [3.05, 3.63) is 70.8 Å². The molecule has 0 radical (unpaired) electrons. The lowest BCUT2D eigenvalue weighted by molar-refractivity contribution is -0.137. The number of nitrogens with one attached hydrogen (secondary N) is 1. The largest absolute Gasteiger partial charge is 0.481 e. The molecule has 0 aromatic heterocycles. The second kappa shape index (κ2) is 8.17. The van der Waals surface area contributed by atoms with Crippen LogP contribution in [0.5, 0.6) is 0 Å². The van der Waals surface area contributed by atoms with Crippen molar-refractivity contribution >= 4 is 11.9 Å². The first-order valence-corrected chi connectivity index (χ1v) is 9.61. The maximum Gasteiger partial charge on any atom is 0.305 e. The van der Waals surface area contributed by atoms with Crippen LogP contribution in [0.1, 0.15) is 81.1 Å². The number of amides is 1. The van der Waals surface area contributed by atoms with E-state index in [4.69, 9.17) is 0 Å². The molecule has 0 aliphatic rings. The predicted molar refractivity (Wildman–Crippen MR) is 113 cm³/mol. The minimum Gasteiger partial charge on any atom is -0.481 e. The van der Waals surface area contributed by atoms with Crippen molar-refractivity contribution in [2.75, 3.05) is 0 Å². The summed E-state index contributed by atoms with van der Waals surface area (Å²) in [5, 5.41) is 12.2. The first-order chi connectivity index (χ1) is 12.9. The Hall–Kier alpha value is -2.62. The Bertz CT molecular complexity index is 822. The molecular weight excluding hydrogens is 350 g/mol. The van der Waals surface area contributed by atoms with Gasteiger partial charge in [-0.05, 0) is 39.7 Å². The summed E-state index contributed by atoms with van der Waals surface area (Å²) in [4.78, 5) is 24.0. The van der Waals surface area contributed by atoms with Gasteiger partial charge in [-0.2, -0.15) is 0 Å². The minimum absolute atomic E-state index is 0.00957. The van der Waals surface area contributed by atoms with Crippen LogP contribution in [0, 0.1) is 0 Å². The van der Waals surface area contributed by atoms with Gasteiger partial charge in [-0.25, -0.2) is 0 Å². The number of hydrogen-bond acceptors (Lipinski definition) is 2. The molecule has 2 aromatic rings. The Morgan fingerprint density at radius 2 is 1.25 bits per heavy atom. The Morgan fingerprint density at radius 3 is 1.64 bits per heavy atom. The molecule has 4 nitrogen and oxygen atoms in total. The van der Waals surface area contributed by atoms with Gasteiger partial charge in [0.1, 0.15) is 0 Å². The highest BCUT2D eigenvalue weighted by Gasteiger charge is 2.21. The average molecular weight is 382 g/mol. The fraction of sp³-hybridized carbons (Fsp3) is 0.417. The molecule has 1 amide bonds. The normalized spacial score (nSPS) is 13.1. The highest BCUT2D eigenvalue weighted by atomic mass is 16.4. The Morgan fingerprint density at radius 1 is 0.821 bits per heavy atom. The third-order valence-electron chi connectivity index (χ3n) is 4.88. The number of benzene rings is 2. The number of hydrogen-bond donors (Lipinski definition) is 2. The lowest BCUT2D eigenvalue weighted by Gasteiger charge is -2.22. The van der Waals surface area contributed by atoms with Gasteiger partial charge in [0.05, 0.1) is 12.5 Å². The lowest BCUT2D eigenvalue weighted by Crippen LogP contribution is -2.30. The van der Waals surface area contributed by atoms with Gasteiger partial charge < -0.3 is 10.4 Å². The number of carbonyl (C=O) groups is 2. The van der Waals surface area contributed by atoms with Crippen LogP contribution in [-0.4, -0.2) is 17.0 Å². The molecule has 0 aliphatic carbocycles. The van der Waals surface area contributed by atoms with E-state index >= 15 is 0 Å². The van der Waals surface area contributed by atoms with Crippen molar-refractivity contribution in [1.82, 2.24) is 5.32 Å². The van der Waals surface area contributed by atoms with Crippen LogP contribution in [0.4, 0.5) is 0 Å². The number of carboxylic acids is 1. The predicted octanol–water partition coefficient (Wildman–Crippen LogP) is 5.23. The van der Waals surface area contributed by atoms with Crippen LogP contribution in [0.25, 0.3) is 0 Å². The topological polar surface area (TPSA) is 66.4 Å². The molecule has 0 saturated carbocycles. The number of carbonyl (C=O) groups excluding carboxylic acids is 1. The molecule has 0 saturated heterocycles. The molecule has 2 N–H and O–H groups in total. The third kappa shape index (κ3) is 5.69. The number of carboxylic acid groups (broad SMARTS) is 1. The molecule has 0 spiro atoms. The van der Waals surface area contributed by atoms with E-state index in [0.717, 1.165) is 16.7 Å². The van der Waals surface area contributed by atoms with E-state index in [1.807, 2.05) is 36.4 Å². The van der Waals surface area contributed by atoms with Gasteiger partial charge in [0.2, 0.25) is 0 Å². The van der Waals surface area contributed by atoms with Gasteiger partial charge >= 0.3 is 5.97 Å². The highest BCUT2D eigenvalue weighted by molar-refractivity contribution is 5.94. The van der Waals surface area contributed by atoms with Gasteiger partial charge in [-0.1, -0.05) is 77.9 Å². The van der Waals surface area contributed by atoms with Gasteiger partial charge in [-0.3, -0.25) is 9.59 Å². The minimum atomic E-state index is -0.951. The summed E-state index contributed by atoms with van der Waals surface area (Å²) in [6.45, 7) is 12.7. The zero-order valence-electron chi connectivity index (χ0n) is 17.7. The molecule has 1 atom stereocenters. The monoisotopic (exact) mass is 381 g/mol. The quantitative estimate of drug-likeness (QED) is 0.745. The van der Waals surface area contributed by atoms with Crippen LogP contribution in [-0.2, 0) is 15.6 Å². The second-order valence-electron chi connectivity index (χ2n) is 9.32. The van der Waals surface area contributed by atoms with Crippen molar-refractivity contribution in [3.63, 3.8) is 0 Å². The Balaban J connectivity index is 2.22. The molecule has 4 heteroatoms. The summed E-state index contributed by atoms with van der Waals surface area (Å²) in [6.07, 6.45) is -0.166. The van der Waals surface area contributed by atoms with Gasteiger partial charge in [0.25, 0.3) is 5.91 Å². The fourth-order valence-corrected chi connectivity index (χ4v) is 3.01. The number of rotatable bonds is 5. The van der Waals surface area contributed by atoms with E-state index in [1.165, 1.54) is 0 Å². The molecule has 2 rings (SSSR count). The first kappa shape index (κ1) is 21.7. The standard InChI is InChI=1S/C24H31NO3/c1-23(2,3)18-11-7-16(8-12-18)20(15-21(26)27)25-22(28)17-9-13-19(14-10-17)24(4,5)6/h7-14,20H,15H2,1-6H3,(H,25,28)(H,26,27)/t20-/m1/s1. The van der Waals surface area contributed by atoms with E-state index in [2.05, 4.69) is 46.9 Å². The zero-order chi connectivity index (χ0) is 21.1. The van der Waals surface area contributed by atoms with E-state index in [0.29, 0.717) is 5.56 Å². The average Bonchev–Trinajstić information content (AvgIpc) is 2.59. The van der Waals surface area contributed by atoms with Gasteiger partial charge in [-0.15, -0.1) is 0 Å². The van der Waals surface area contributed by atoms with Crippen molar-refractivity contribution in [2.45, 2.75) is 64.8 Å². The van der Waals surface area contributed by atoms with Crippen LogP contribution >= 0.6 is 0 Å².